The highest BCUT2D eigenvalue weighted by Gasteiger charge is 2.28. The minimum atomic E-state index is -0.0960. The van der Waals surface area contributed by atoms with Gasteiger partial charge in [-0.25, -0.2) is 0 Å². The van der Waals surface area contributed by atoms with E-state index in [4.69, 9.17) is 18.9 Å². The number of methoxy groups -OCH3 is 1. The fourth-order valence-corrected chi connectivity index (χ4v) is 1.74. The maximum atomic E-state index is 5.87. The van der Waals surface area contributed by atoms with Crippen molar-refractivity contribution in [3.63, 3.8) is 0 Å². The van der Waals surface area contributed by atoms with Crippen molar-refractivity contribution >= 4 is 0 Å². The van der Waals surface area contributed by atoms with Crippen molar-refractivity contribution in [1.29, 1.82) is 0 Å². The zero-order chi connectivity index (χ0) is 12.6. The third kappa shape index (κ3) is 6.95. The lowest BCUT2D eigenvalue weighted by atomic mass is 10.1. The molecule has 5 heteroatoms. The van der Waals surface area contributed by atoms with Crippen LogP contribution in [0.2, 0.25) is 0 Å². The Morgan fingerprint density at radius 1 is 1.18 bits per heavy atom. The van der Waals surface area contributed by atoms with Crippen LogP contribution in [-0.4, -0.2) is 64.9 Å². The highest BCUT2D eigenvalue weighted by molar-refractivity contribution is 4.81. The third-order valence-electron chi connectivity index (χ3n) is 2.52. The van der Waals surface area contributed by atoms with Crippen LogP contribution in [0.4, 0.5) is 0 Å². The first-order chi connectivity index (χ1) is 8.14. The van der Waals surface area contributed by atoms with E-state index < -0.39 is 0 Å². The Kier molecular flexibility index (Phi) is 6.99. The molecule has 1 aliphatic rings. The highest BCUT2D eigenvalue weighted by atomic mass is 16.6. The van der Waals surface area contributed by atoms with Crippen LogP contribution in [0.3, 0.4) is 0 Å². The number of hydrogen-bond donors (Lipinski definition) is 1. The molecule has 5 nitrogen and oxygen atoms in total. The average Bonchev–Trinajstić information content (AvgIpc) is 2.27. The summed E-state index contributed by atoms with van der Waals surface area (Å²) < 4.78 is 21.6. The molecule has 1 heterocycles. The molecule has 1 unspecified atom stereocenters. The Labute approximate surface area is 104 Å². The molecule has 0 radical (unpaired) electrons. The molecular formula is C12H25NO4. The summed E-state index contributed by atoms with van der Waals surface area (Å²) in [6.07, 6.45) is 0.137. The van der Waals surface area contributed by atoms with Crippen LogP contribution < -0.4 is 5.32 Å². The summed E-state index contributed by atoms with van der Waals surface area (Å²) in [5, 5.41) is 3.34. The van der Waals surface area contributed by atoms with Gasteiger partial charge in [-0.15, -0.1) is 0 Å². The Bertz CT molecular complexity index is 199. The van der Waals surface area contributed by atoms with Gasteiger partial charge in [-0.3, -0.25) is 0 Å². The smallest absolute Gasteiger partial charge is 0.0940 e. The van der Waals surface area contributed by atoms with E-state index in [0.717, 1.165) is 13.1 Å². The second-order valence-corrected chi connectivity index (χ2v) is 4.81. The molecule has 102 valence electrons. The van der Waals surface area contributed by atoms with E-state index in [9.17, 15) is 0 Å². The second kappa shape index (κ2) is 8.00. The molecule has 0 bridgehead atoms. The Morgan fingerprint density at radius 3 is 2.59 bits per heavy atom. The van der Waals surface area contributed by atoms with Crippen LogP contribution in [0.1, 0.15) is 13.8 Å². The van der Waals surface area contributed by atoms with Gasteiger partial charge < -0.3 is 24.3 Å². The largest absolute Gasteiger partial charge is 0.382 e. The number of morpholine rings is 1. The molecular weight excluding hydrogens is 222 g/mol. The molecule has 0 aromatic heterocycles. The van der Waals surface area contributed by atoms with Crippen molar-refractivity contribution in [3.05, 3.63) is 0 Å². The molecule has 0 amide bonds. The molecule has 0 spiro atoms. The van der Waals surface area contributed by atoms with E-state index in [1.165, 1.54) is 0 Å². The Morgan fingerprint density at radius 2 is 1.88 bits per heavy atom. The summed E-state index contributed by atoms with van der Waals surface area (Å²) >= 11 is 0. The topological polar surface area (TPSA) is 49.0 Å². The number of nitrogens with one attached hydrogen (secondary N) is 1. The molecule has 1 aliphatic heterocycles. The minimum Gasteiger partial charge on any atom is -0.382 e. The summed E-state index contributed by atoms with van der Waals surface area (Å²) in [5.74, 6) is 0. The van der Waals surface area contributed by atoms with Gasteiger partial charge in [-0.1, -0.05) is 0 Å². The van der Waals surface area contributed by atoms with Crippen LogP contribution in [-0.2, 0) is 18.9 Å². The standard InChI is InChI=1S/C12H25NO4/c1-12(2)10-13-8-11(17-12)9-16-7-6-15-5-4-14-3/h11,13H,4-10H2,1-3H3. The van der Waals surface area contributed by atoms with Crippen molar-refractivity contribution in [1.82, 2.24) is 5.32 Å². The summed E-state index contributed by atoms with van der Waals surface area (Å²) in [7, 11) is 1.66. The van der Waals surface area contributed by atoms with Crippen molar-refractivity contribution in [3.8, 4) is 0 Å². The fourth-order valence-electron chi connectivity index (χ4n) is 1.74. The Balaban J connectivity index is 1.95. The predicted octanol–water partition coefficient (Wildman–Crippen LogP) is 0.433. The van der Waals surface area contributed by atoms with Crippen LogP contribution in [0, 0.1) is 0 Å². The maximum absolute atomic E-state index is 5.87. The zero-order valence-electron chi connectivity index (χ0n) is 11.2. The first-order valence-corrected chi connectivity index (χ1v) is 6.17. The summed E-state index contributed by atoms with van der Waals surface area (Å²) in [4.78, 5) is 0. The van der Waals surface area contributed by atoms with Crippen LogP contribution in [0.5, 0.6) is 0 Å². The lowest BCUT2D eigenvalue weighted by Gasteiger charge is -2.36. The molecule has 1 saturated heterocycles. The first-order valence-electron chi connectivity index (χ1n) is 6.17. The Hall–Kier alpha value is -0.200. The lowest BCUT2D eigenvalue weighted by molar-refractivity contribution is -0.123. The fraction of sp³-hybridized carbons (Fsp3) is 1.00. The van der Waals surface area contributed by atoms with Crippen molar-refractivity contribution in [2.45, 2.75) is 25.6 Å². The van der Waals surface area contributed by atoms with E-state index in [-0.39, 0.29) is 11.7 Å². The number of rotatable bonds is 8. The quantitative estimate of drug-likeness (QED) is 0.630. The van der Waals surface area contributed by atoms with E-state index in [2.05, 4.69) is 19.2 Å². The van der Waals surface area contributed by atoms with Gasteiger partial charge in [-0.2, -0.15) is 0 Å². The van der Waals surface area contributed by atoms with E-state index in [1.54, 1.807) is 7.11 Å². The van der Waals surface area contributed by atoms with Gasteiger partial charge in [0.15, 0.2) is 0 Å². The number of ether oxygens (including phenoxy) is 4. The molecule has 1 rings (SSSR count). The van der Waals surface area contributed by atoms with Gasteiger partial charge >= 0.3 is 0 Å². The number of hydrogen-bond acceptors (Lipinski definition) is 5. The van der Waals surface area contributed by atoms with E-state index in [1.807, 2.05) is 0 Å². The average molecular weight is 247 g/mol. The van der Waals surface area contributed by atoms with E-state index in [0.29, 0.717) is 33.0 Å². The van der Waals surface area contributed by atoms with Gasteiger partial charge in [0.1, 0.15) is 0 Å². The molecule has 0 aromatic carbocycles. The van der Waals surface area contributed by atoms with Gasteiger partial charge in [0.05, 0.1) is 44.7 Å². The summed E-state index contributed by atoms with van der Waals surface area (Å²) in [6.45, 7) is 8.98. The van der Waals surface area contributed by atoms with Crippen LogP contribution in [0.15, 0.2) is 0 Å². The van der Waals surface area contributed by atoms with Crippen molar-refractivity contribution < 1.29 is 18.9 Å². The molecule has 0 saturated carbocycles. The molecule has 17 heavy (non-hydrogen) atoms. The molecule has 1 fully saturated rings. The van der Waals surface area contributed by atoms with Gasteiger partial charge in [0, 0.05) is 20.2 Å². The zero-order valence-corrected chi connectivity index (χ0v) is 11.2. The molecule has 0 aromatic rings. The second-order valence-electron chi connectivity index (χ2n) is 4.81. The first kappa shape index (κ1) is 14.9. The summed E-state index contributed by atoms with van der Waals surface area (Å²) in [5.41, 5.74) is -0.0960. The third-order valence-corrected chi connectivity index (χ3v) is 2.52. The van der Waals surface area contributed by atoms with E-state index >= 15 is 0 Å². The normalized spacial score (nSPS) is 23.8. The molecule has 1 atom stereocenters. The van der Waals surface area contributed by atoms with Gasteiger partial charge in [0.25, 0.3) is 0 Å². The van der Waals surface area contributed by atoms with Gasteiger partial charge in [-0.05, 0) is 13.8 Å². The van der Waals surface area contributed by atoms with Crippen LogP contribution in [0.25, 0.3) is 0 Å². The maximum Gasteiger partial charge on any atom is 0.0940 e. The van der Waals surface area contributed by atoms with Crippen LogP contribution >= 0.6 is 0 Å². The minimum absolute atomic E-state index is 0.0960. The molecule has 0 aliphatic carbocycles. The van der Waals surface area contributed by atoms with Crippen molar-refractivity contribution in [2.24, 2.45) is 0 Å². The summed E-state index contributed by atoms with van der Waals surface area (Å²) in [6, 6.07) is 0. The SMILES string of the molecule is COCCOCCOCC1CNCC(C)(C)O1. The monoisotopic (exact) mass is 247 g/mol. The lowest BCUT2D eigenvalue weighted by Crippen LogP contribution is -2.51. The van der Waals surface area contributed by atoms with Gasteiger partial charge in [0.2, 0.25) is 0 Å². The predicted molar refractivity (Wildman–Crippen MR) is 65.3 cm³/mol. The molecule has 1 N–H and O–H groups in total. The van der Waals surface area contributed by atoms with Crippen molar-refractivity contribution in [2.75, 3.05) is 53.2 Å². The highest BCUT2D eigenvalue weighted by Crippen LogP contribution is 2.15.